The second-order valence-corrected chi connectivity index (χ2v) is 9.01. The molecule has 5 rings (SSSR count). The highest BCUT2D eigenvalue weighted by Crippen LogP contribution is 2.25. The van der Waals surface area contributed by atoms with E-state index >= 15 is 0 Å². The van der Waals surface area contributed by atoms with Crippen LogP contribution in [0, 0.1) is 0 Å². The van der Waals surface area contributed by atoms with Gasteiger partial charge in [0.1, 0.15) is 11.5 Å². The summed E-state index contributed by atoms with van der Waals surface area (Å²) in [5.74, 6) is 0.284. The number of nitrogens with zero attached hydrogens (tertiary/aromatic N) is 6. The number of fused-ring (bicyclic) bond motifs is 1. The van der Waals surface area contributed by atoms with Gasteiger partial charge in [0.15, 0.2) is 0 Å². The van der Waals surface area contributed by atoms with Gasteiger partial charge >= 0.3 is 0 Å². The van der Waals surface area contributed by atoms with Crippen LogP contribution in [-0.4, -0.2) is 47.1 Å². The van der Waals surface area contributed by atoms with Crippen molar-refractivity contribution in [2.75, 3.05) is 18.4 Å². The van der Waals surface area contributed by atoms with Gasteiger partial charge in [-0.3, -0.25) is 14.5 Å². The van der Waals surface area contributed by atoms with E-state index in [1.165, 1.54) is 5.57 Å². The zero-order valence-corrected chi connectivity index (χ0v) is 19.5. The molecule has 0 spiro atoms. The van der Waals surface area contributed by atoms with Crippen LogP contribution in [0.15, 0.2) is 61.1 Å². The van der Waals surface area contributed by atoms with Crippen LogP contribution in [0.2, 0.25) is 0 Å². The zero-order chi connectivity index (χ0) is 22.1. The second-order valence-electron chi connectivity index (χ2n) is 7.64. The fourth-order valence-electron chi connectivity index (χ4n) is 3.66. The first-order valence-corrected chi connectivity index (χ1v) is 11.2. The van der Waals surface area contributed by atoms with Crippen LogP contribution in [0.4, 0.5) is 5.82 Å². The van der Waals surface area contributed by atoms with E-state index in [0.29, 0.717) is 11.4 Å². The average molecular weight is 537 g/mol. The minimum absolute atomic E-state index is 0.211. The summed E-state index contributed by atoms with van der Waals surface area (Å²) in [5.41, 5.74) is 4.33. The highest BCUT2D eigenvalue weighted by atomic mass is 127. The largest absolute Gasteiger partial charge is 0.307 e. The molecule has 160 valence electrons. The highest BCUT2D eigenvalue weighted by molar-refractivity contribution is 14.1. The number of aryl methyl sites for hydroxylation is 1. The Labute approximate surface area is 198 Å². The highest BCUT2D eigenvalue weighted by Gasteiger charge is 2.14. The molecule has 0 aliphatic carbocycles. The lowest BCUT2D eigenvalue weighted by molar-refractivity contribution is 0.102. The molecule has 4 heterocycles. The van der Waals surface area contributed by atoms with Crippen LogP contribution < -0.4 is 5.32 Å². The standard InChI is InChI=1S/C23H20IN7O/c1-30-14-21(28-29-30)16-2-3-18-13-26-22(12-19(18)10-16)27-23(32)17-4-7-25-20(11-17)15-5-8-31(24)9-6-15/h2-5,7,10-14H,6,8-9H2,1H3,(H,26,27,32). The summed E-state index contributed by atoms with van der Waals surface area (Å²) in [4.78, 5) is 21.8. The lowest BCUT2D eigenvalue weighted by Gasteiger charge is -2.19. The van der Waals surface area contributed by atoms with Crippen LogP contribution >= 0.6 is 22.9 Å². The molecule has 8 nitrogen and oxygen atoms in total. The van der Waals surface area contributed by atoms with Crippen molar-refractivity contribution in [1.29, 1.82) is 0 Å². The van der Waals surface area contributed by atoms with Crippen molar-refractivity contribution in [2.24, 2.45) is 7.05 Å². The van der Waals surface area contributed by atoms with E-state index < -0.39 is 0 Å². The fourth-order valence-corrected chi connectivity index (χ4v) is 4.10. The maximum Gasteiger partial charge on any atom is 0.256 e. The van der Waals surface area contributed by atoms with Gasteiger partial charge < -0.3 is 5.32 Å². The van der Waals surface area contributed by atoms with Gasteiger partial charge in [0.05, 0.1) is 11.9 Å². The minimum Gasteiger partial charge on any atom is -0.307 e. The van der Waals surface area contributed by atoms with Crippen molar-refractivity contribution >= 4 is 50.9 Å². The van der Waals surface area contributed by atoms with Crippen LogP contribution in [0.1, 0.15) is 22.5 Å². The number of anilines is 1. The molecule has 0 atom stereocenters. The number of nitrogens with one attached hydrogen (secondary N) is 1. The van der Waals surface area contributed by atoms with Crippen LogP contribution in [0.3, 0.4) is 0 Å². The summed E-state index contributed by atoms with van der Waals surface area (Å²) in [7, 11) is 1.84. The molecule has 4 aromatic rings. The van der Waals surface area contributed by atoms with E-state index in [1.54, 1.807) is 23.1 Å². The molecule has 1 aromatic carbocycles. The van der Waals surface area contributed by atoms with E-state index in [9.17, 15) is 4.79 Å². The maximum atomic E-state index is 12.9. The van der Waals surface area contributed by atoms with Gasteiger partial charge in [-0.2, -0.15) is 0 Å². The summed E-state index contributed by atoms with van der Waals surface area (Å²) in [6.07, 6.45) is 8.39. The maximum absolute atomic E-state index is 12.9. The first kappa shape index (κ1) is 20.7. The molecule has 3 aromatic heterocycles. The molecule has 0 unspecified atom stereocenters. The van der Waals surface area contributed by atoms with Gasteiger partial charge in [-0.25, -0.2) is 8.10 Å². The fraction of sp³-hybridized carbons (Fsp3) is 0.174. The quantitative estimate of drug-likeness (QED) is 0.312. The topological polar surface area (TPSA) is 88.8 Å². The van der Waals surface area contributed by atoms with E-state index in [1.807, 2.05) is 43.6 Å². The number of amides is 1. The Bertz CT molecular complexity index is 1350. The van der Waals surface area contributed by atoms with E-state index in [2.05, 4.69) is 57.7 Å². The van der Waals surface area contributed by atoms with Crippen LogP contribution in [0.25, 0.3) is 27.6 Å². The van der Waals surface area contributed by atoms with Crippen molar-refractivity contribution < 1.29 is 4.79 Å². The van der Waals surface area contributed by atoms with Crippen LogP contribution in [0.5, 0.6) is 0 Å². The van der Waals surface area contributed by atoms with Crippen LogP contribution in [-0.2, 0) is 7.05 Å². The van der Waals surface area contributed by atoms with E-state index in [4.69, 9.17) is 0 Å². The third-order valence-corrected chi connectivity index (χ3v) is 6.25. The van der Waals surface area contributed by atoms with E-state index in [0.717, 1.165) is 47.2 Å². The number of hydrogen-bond donors (Lipinski definition) is 1. The molecule has 1 aliphatic rings. The molecule has 9 heteroatoms. The third kappa shape index (κ3) is 4.39. The Morgan fingerprint density at radius 3 is 2.78 bits per heavy atom. The molecule has 0 fully saturated rings. The predicted molar refractivity (Wildman–Crippen MR) is 132 cm³/mol. The molecule has 1 aliphatic heterocycles. The predicted octanol–water partition coefficient (Wildman–Crippen LogP) is 4.12. The van der Waals surface area contributed by atoms with Crippen molar-refractivity contribution in [3.63, 3.8) is 0 Å². The molecule has 32 heavy (non-hydrogen) atoms. The second kappa shape index (κ2) is 8.75. The number of halogens is 1. The molecular formula is C23H20IN7O. The number of carbonyl (C=O) groups is 1. The Balaban J connectivity index is 1.38. The van der Waals surface area contributed by atoms with Gasteiger partial charge in [-0.1, -0.05) is 23.4 Å². The van der Waals surface area contributed by atoms with Gasteiger partial charge in [-0.05, 0) is 41.6 Å². The first-order chi connectivity index (χ1) is 15.5. The summed E-state index contributed by atoms with van der Waals surface area (Å²) in [5, 5.41) is 13.0. The summed E-state index contributed by atoms with van der Waals surface area (Å²) in [6.45, 7) is 1.85. The monoisotopic (exact) mass is 537 g/mol. The Kier molecular flexibility index (Phi) is 5.66. The number of benzene rings is 1. The summed E-state index contributed by atoms with van der Waals surface area (Å²) < 4.78 is 3.89. The Morgan fingerprint density at radius 2 is 2.00 bits per heavy atom. The summed E-state index contributed by atoms with van der Waals surface area (Å²) in [6, 6.07) is 11.4. The lowest BCUT2D eigenvalue weighted by atomic mass is 10.0. The molecule has 1 N–H and O–H groups in total. The SMILES string of the molecule is Cn1cc(-c2ccc3cnc(NC(=O)c4ccnc(C5=CCN(I)CC5)c4)cc3c2)nn1. The number of hydrogen-bond acceptors (Lipinski definition) is 6. The molecule has 0 saturated carbocycles. The van der Waals surface area contributed by atoms with Gasteiger partial charge in [0, 0.05) is 71.9 Å². The van der Waals surface area contributed by atoms with Crippen molar-refractivity contribution in [3.8, 4) is 11.3 Å². The Hall–Kier alpha value is -3.18. The lowest BCUT2D eigenvalue weighted by Crippen LogP contribution is -2.18. The molecule has 0 radical (unpaired) electrons. The molecular weight excluding hydrogens is 517 g/mol. The normalized spacial score (nSPS) is 14.4. The average Bonchev–Trinajstić information content (AvgIpc) is 3.25. The number of rotatable bonds is 4. The van der Waals surface area contributed by atoms with Gasteiger partial charge in [0.2, 0.25) is 0 Å². The number of carbonyl (C=O) groups excluding carboxylic acids is 1. The molecule has 0 bridgehead atoms. The zero-order valence-electron chi connectivity index (χ0n) is 17.4. The number of aromatic nitrogens is 5. The smallest absolute Gasteiger partial charge is 0.256 e. The molecule has 0 saturated heterocycles. The summed E-state index contributed by atoms with van der Waals surface area (Å²) >= 11 is 2.32. The van der Waals surface area contributed by atoms with Crippen molar-refractivity contribution in [2.45, 2.75) is 6.42 Å². The third-order valence-electron chi connectivity index (χ3n) is 5.37. The molecule has 1 amide bonds. The first-order valence-electron chi connectivity index (χ1n) is 10.2. The minimum atomic E-state index is -0.211. The van der Waals surface area contributed by atoms with E-state index in [-0.39, 0.29) is 5.91 Å². The van der Waals surface area contributed by atoms with Crippen molar-refractivity contribution in [1.82, 2.24) is 28.1 Å². The van der Waals surface area contributed by atoms with Gasteiger partial charge in [-0.15, -0.1) is 5.10 Å². The van der Waals surface area contributed by atoms with Gasteiger partial charge in [0.25, 0.3) is 5.91 Å². The Morgan fingerprint density at radius 1 is 1.09 bits per heavy atom. The number of pyridine rings is 2. The van der Waals surface area contributed by atoms with Crippen molar-refractivity contribution in [3.05, 3.63) is 72.3 Å².